The molecular weight excluding hydrogens is 358 g/mol. The number of benzene rings is 2. The van der Waals surface area contributed by atoms with Crippen molar-refractivity contribution in [2.45, 2.75) is 12.1 Å². The number of aryl methyl sites for hydroxylation is 2. The van der Waals surface area contributed by atoms with Crippen molar-refractivity contribution in [2.75, 3.05) is 18.2 Å². The van der Waals surface area contributed by atoms with E-state index in [4.69, 9.17) is 16.3 Å². The number of nitrogens with zero attached hydrogens (tertiary/aromatic N) is 1. The normalized spacial score (nSPS) is 10.9. The summed E-state index contributed by atoms with van der Waals surface area (Å²) in [4.78, 5) is 15.7. The summed E-state index contributed by atoms with van der Waals surface area (Å²) in [5, 5.41) is 4.42. The van der Waals surface area contributed by atoms with E-state index >= 15 is 0 Å². The zero-order valence-electron chi connectivity index (χ0n) is 14.2. The molecule has 0 saturated carbocycles. The monoisotopic (exact) mass is 376 g/mol. The van der Waals surface area contributed by atoms with Gasteiger partial charge in [0.25, 0.3) is 0 Å². The second-order valence-electron chi connectivity index (χ2n) is 5.64. The molecule has 7 heteroatoms. The summed E-state index contributed by atoms with van der Waals surface area (Å²) in [7, 11) is 3.53. The molecule has 1 amide bonds. The van der Waals surface area contributed by atoms with Crippen LogP contribution < -0.4 is 14.6 Å². The van der Waals surface area contributed by atoms with Gasteiger partial charge in [-0.2, -0.15) is 0 Å². The molecule has 0 saturated heterocycles. The summed E-state index contributed by atoms with van der Waals surface area (Å²) in [6.45, 7) is 1.89. The number of para-hydroxylation sites is 2. The second-order valence-corrected chi connectivity index (χ2v) is 7.02. The van der Waals surface area contributed by atoms with Crippen LogP contribution in [0.3, 0.4) is 0 Å². The molecule has 5 nitrogen and oxygen atoms in total. The first-order valence-electron chi connectivity index (χ1n) is 7.73. The molecule has 0 aliphatic heterocycles. The lowest BCUT2D eigenvalue weighted by Gasteiger charge is -2.11. The van der Waals surface area contributed by atoms with Crippen molar-refractivity contribution in [3.05, 3.63) is 47.0 Å². The minimum Gasteiger partial charge on any atom is -0.495 e. The number of imidazole rings is 1. The van der Waals surface area contributed by atoms with Gasteiger partial charge in [-0.15, -0.1) is 0 Å². The van der Waals surface area contributed by atoms with Crippen LogP contribution in [0.5, 0.6) is 5.75 Å². The number of nitrogens with one attached hydrogen (secondary N) is 2. The molecule has 0 bridgehead atoms. The molecule has 25 heavy (non-hydrogen) atoms. The third-order valence-electron chi connectivity index (χ3n) is 3.91. The van der Waals surface area contributed by atoms with E-state index in [-0.39, 0.29) is 11.7 Å². The predicted molar refractivity (Wildman–Crippen MR) is 102 cm³/mol. The van der Waals surface area contributed by atoms with E-state index in [1.165, 1.54) is 11.8 Å². The number of halogens is 1. The Hall–Kier alpha value is -2.18. The van der Waals surface area contributed by atoms with Crippen molar-refractivity contribution in [3.63, 3.8) is 0 Å². The highest BCUT2D eigenvalue weighted by atomic mass is 35.5. The zero-order chi connectivity index (χ0) is 18.0. The topological polar surface area (TPSA) is 58.0 Å². The van der Waals surface area contributed by atoms with E-state index in [2.05, 4.69) is 10.3 Å². The van der Waals surface area contributed by atoms with Crippen molar-refractivity contribution in [3.8, 4) is 5.75 Å². The van der Waals surface area contributed by atoms with Gasteiger partial charge >= 0.3 is 5.16 Å². The molecular formula is C18H19ClN3O2S+. The van der Waals surface area contributed by atoms with Crippen molar-refractivity contribution in [1.29, 1.82) is 0 Å². The first-order chi connectivity index (χ1) is 12.0. The van der Waals surface area contributed by atoms with Crippen LogP contribution in [0, 0.1) is 6.92 Å². The van der Waals surface area contributed by atoms with Crippen molar-refractivity contribution in [1.82, 2.24) is 4.98 Å². The van der Waals surface area contributed by atoms with Gasteiger partial charge in [-0.05, 0) is 42.4 Å². The van der Waals surface area contributed by atoms with E-state index in [0.717, 1.165) is 21.8 Å². The number of carbonyl (C=O) groups excluding carboxylic acids is 1. The minimum absolute atomic E-state index is 0.108. The highest BCUT2D eigenvalue weighted by molar-refractivity contribution is 7.99. The predicted octanol–water partition coefficient (Wildman–Crippen LogP) is 3.69. The van der Waals surface area contributed by atoms with Gasteiger partial charge in [-0.25, -0.2) is 9.55 Å². The fourth-order valence-electron chi connectivity index (χ4n) is 2.56. The first kappa shape index (κ1) is 17.6. The molecule has 1 heterocycles. The van der Waals surface area contributed by atoms with Crippen molar-refractivity contribution >= 4 is 46.0 Å². The third kappa shape index (κ3) is 3.75. The van der Waals surface area contributed by atoms with Crippen molar-refractivity contribution < 1.29 is 14.1 Å². The smallest absolute Gasteiger partial charge is 0.317 e. The van der Waals surface area contributed by atoms with E-state index in [1.807, 2.05) is 48.9 Å². The van der Waals surface area contributed by atoms with Crippen LogP contribution in [0.15, 0.2) is 41.6 Å². The van der Waals surface area contributed by atoms with Gasteiger partial charge in [-0.3, -0.25) is 4.79 Å². The van der Waals surface area contributed by atoms with E-state index in [9.17, 15) is 4.79 Å². The number of ether oxygens (including phenoxy) is 1. The SMILES string of the molecule is COc1cc(Cl)c(C)cc1NC(=O)CSc1[nH]c2ccccc2[n+]1C. The number of thioether (sulfide) groups is 1. The largest absolute Gasteiger partial charge is 0.495 e. The van der Waals surface area contributed by atoms with Gasteiger partial charge < -0.3 is 10.1 Å². The molecule has 2 N–H and O–H groups in total. The molecule has 0 atom stereocenters. The van der Waals surface area contributed by atoms with Crippen LogP contribution in [-0.4, -0.2) is 23.8 Å². The molecule has 0 unspecified atom stereocenters. The minimum atomic E-state index is -0.108. The van der Waals surface area contributed by atoms with E-state index in [0.29, 0.717) is 16.5 Å². The maximum atomic E-state index is 12.3. The highest BCUT2D eigenvalue weighted by Crippen LogP contribution is 2.31. The van der Waals surface area contributed by atoms with Crippen LogP contribution in [0.25, 0.3) is 11.0 Å². The first-order valence-corrected chi connectivity index (χ1v) is 9.09. The number of rotatable bonds is 5. The third-order valence-corrected chi connectivity index (χ3v) is 5.37. The Balaban J connectivity index is 1.71. The number of amides is 1. The summed E-state index contributed by atoms with van der Waals surface area (Å²) < 4.78 is 7.33. The molecule has 0 aliphatic carbocycles. The molecule has 3 rings (SSSR count). The highest BCUT2D eigenvalue weighted by Gasteiger charge is 2.17. The van der Waals surface area contributed by atoms with Crippen molar-refractivity contribution in [2.24, 2.45) is 7.05 Å². The number of carbonyl (C=O) groups is 1. The standard InChI is InChI=1S/C18H18ClN3O2S/c1-11-8-14(16(24-3)9-12(11)19)20-17(23)10-25-18-21-13-6-4-5-7-15(13)22(18)2/h4-9H,10H2,1-3H3,(H,20,23)/p+1. The summed E-state index contributed by atoms with van der Waals surface area (Å²) in [6.07, 6.45) is 0. The fourth-order valence-corrected chi connectivity index (χ4v) is 3.53. The average molecular weight is 377 g/mol. The van der Waals surface area contributed by atoms with Gasteiger partial charge in [0, 0.05) is 11.1 Å². The van der Waals surface area contributed by atoms with Gasteiger partial charge in [0.05, 0.1) is 25.6 Å². The number of aromatic amines is 1. The quantitative estimate of drug-likeness (QED) is 0.527. The molecule has 130 valence electrons. The molecule has 0 radical (unpaired) electrons. The number of hydrogen-bond acceptors (Lipinski definition) is 3. The summed E-state index contributed by atoms with van der Waals surface area (Å²) in [6, 6.07) is 11.5. The Kier molecular flexibility index (Phi) is 5.20. The maximum Gasteiger partial charge on any atom is 0.317 e. The molecule has 2 aromatic carbocycles. The summed E-state index contributed by atoms with van der Waals surface area (Å²) in [5.41, 5.74) is 3.65. The molecule has 3 aromatic rings. The Morgan fingerprint density at radius 3 is 2.84 bits per heavy atom. The Bertz CT molecular complexity index is 939. The fraction of sp³-hybridized carbons (Fsp3) is 0.222. The number of methoxy groups -OCH3 is 1. The van der Waals surface area contributed by atoms with Crippen LogP contribution in [0.4, 0.5) is 5.69 Å². The summed E-state index contributed by atoms with van der Waals surface area (Å²) in [5.74, 6) is 0.722. The molecule has 0 spiro atoms. The van der Waals surface area contributed by atoms with Gasteiger partial charge in [0.1, 0.15) is 5.75 Å². The van der Waals surface area contributed by atoms with E-state index < -0.39 is 0 Å². The number of H-pyrrole nitrogens is 1. The molecule has 0 fully saturated rings. The van der Waals surface area contributed by atoms with Crippen LogP contribution >= 0.6 is 23.4 Å². The van der Waals surface area contributed by atoms with Crippen LogP contribution in [0.1, 0.15) is 5.56 Å². The van der Waals surface area contributed by atoms with Gasteiger partial charge in [-0.1, -0.05) is 23.7 Å². The number of fused-ring (bicyclic) bond motifs is 1. The Morgan fingerprint density at radius 2 is 2.12 bits per heavy atom. The maximum absolute atomic E-state index is 12.3. The summed E-state index contributed by atoms with van der Waals surface area (Å²) >= 11 is 7.54. The Labute approximate surface area is 155 Å². The second kappa shape index (κ2) is 7.37. The number of hydrogen-bond donors (Lipinski definition) is 2. The molecule has 1 aromatic heterocycles. The van der Waals surface area contributed by atoms with E-state index in [1.54, 1.807) is 13.2 Å². The van der Waals surface area contributed by atoms with Crippen LogP contribution in [0.2, 0.25) is 5.02 Å². The number of aromatic nitrogens is 2. The van der Waals surface area contributed by atoms with Gasteiger partial charge in [0.15, 0.2) is 11.0 Å². The average Bonchev–Trinajstić information content (AvgIpc) is 2.92. The number of anilines is 1. The lowest BCUT2D eigenvalue weighted by atomic mass is 10.2. The zero-order valence-corrected chi connectivity index (χ0v) is 15.8. The molecule has 0 aliphatic rings. The van der Waals surface area contributed by atoms with Gasteiger partial charge in [0.2, 0.25) is 5.91 Å². The lowest BCUT2D eigenvalue weighted by molar-refractivity contribution is -0.683. The lowest BCUT2D eigenvalue weighted by Crippen LogP contribution is -2.29. The van der Waals surface area contributed by atoms with Crippen LogP contribution in [-0.2, 0) is 11.8 Å². The Morgan fingerprint density at radius 1 is 1.36 bits per heavy atom.